The molecule has 0 aliphatic carbocycles. The molecule has 0 saturated carbocycles. The minimum absolute atomic E-state index is 0.999. The molecular weight excluding hydrogens is 449 g/mol. The Morgan fingerprint density at radius 2 is 0.806 bits per heavy atom. The fourth-order valence-corrected chi connectivity index (χ4v) is 25.9. The maximum atomic E-state index is 7.45. The van der Waals surface area contributed by atoms with Gasteiger partial charge >= 0.3 is 8.80 Å². The van der Waals surface area contributed by atoms with E-state index in [-0.39, 0.29) is 0 Å². The lowest BCUT2D eigenvalue weighted by atomic mass is 10.2. The molecule has 186 valence electrons. The summed E-state index contributed by atoms with van der Waals surface area (Å²) in [6.45, 7) is 25.0. The van der Waals surface area contributed by atoms with Gasteiger partial charge in [-0.1, -0.05) is 68.4 Å². The van der Waals surface area contributed by atoms with E-state index in [4.69, 9.17) is 12.3 Å². The number of rotatable bonds is 20. The van der Waals surface area contributed by atoms with Crippen LogP contribution < -0.4 is 0 Å². The van der Waals surface area contributed by atoms with Crippen molar-refractivity contribution in [3.63, 3.8) is 0 Å². The second kappa shape index (κ2) is 15.4. The highest BCUT2D eigenvalue weighted by Crippen LogP contribution is 2.39. The van der Waals surface area contributed by atoms with Gasteiger partial charge in [-0.15, -0.1) is 6.58 Å². The topological polar surface area (TPSA) is 27.7 Å². The van der Waals surface area contributed by atoms with Crippen molar-refractivity contribution in [3.05, 3.63) is 12.7 Å². The van der Waals surface area contributed by atoms with E-state index in [0.717, 1.165) is 79.7 Å². The summed E-state index contributed by atoms with van der Waals surface area (Å²) in [4.78, 5) is 0. The molecule has 0 heterocycles. The molecule has 0 rings (SSSR count). The first-order valence-electron chi connectivity index (χ1n) is 13.4. The molecule has 0 aromatic rings. The van der Waals surface area contributed by atoms with Gasteiger partial charge in [-0.25, -0.2) is 0 Å². The maximum Gasteiger partial charge on any atom is 0.469 e. The quantitative estimate of drug-likeness (QED) is 0.0938. The van der Waals surface area contributed by atoms with Gasteiger partial charge in [-0.2, -0.15) is 0 Å². The number of hydrogen-bond donors (Lipinski definition) is 0. The Hall–Kier alpha value is 0.488. The van der Waals surface area contributed by atoms with Crippen LogP contribution in [0, 0.1) is 0 Å². The second-order valence-corrected chi connectivity index (χ2v) is 27.0. The van der Waals surface area contributed by atoms with E-state index in [1.807, 2.05) is 6.08 Å². The maximum absolute atomic E-state index is 7.45. The van der Waals surface area contributed by atoms with E-state index < -0.39 is 33.8 Å². The lowest BCUT2D eigenvalue weighted by molar-refractivity contribution is 0.237. The van der Waals surface area contributed by atoms with E-state index >= 15 is 0 Å². The van der Waals surface area contributed by atoms with Gasteiger partial charge in [0.05, 0.1) is 0 Å². The Morgan fingerprint density at radius 1 is 0.516 bits per heavy atom. The minimum atomic E-state index is -2.79. The van der Waals surface area contributed by atoms with Crippen LogP contribution in [-0.4, -0.2) is 33.8 Å². The van der Waals surface area contributed by atoms with E-state index in [1.54, 1.807) is 0 Å². The van der Waals surface area contributed by atoms with Crippen molar-refractivity contribution in [2.75, 3.05) is 0 Å². The van der Waals surface area contributed by atoms with Crippen molar-refractivity contribution in [1.82, 2.24) is 0 Å². The molecule has 3 nitrogen and oxygen atoms in total. The molecule has 0 saturated heterocycles. The summed E-state index contributed by atoms with van der Waals surface area (Å²) in [6.07, 6.45) is 5.40. The molecule has 0 N–H and O–H groups in total. The van der Waals surface area contributed by atoms with Crippen molar-refractivity contribution in [1.29, 1.82) is 0 Å². The van der Waals surface area contributed by atoms with Crippen LogP contribution in [0.3, 0.4) is 0 Å². The molecule has 0 fully saturated rings. The molecule has 0 radical (unpaired) electrons. The third-order valence-electron chi connectivity index (χ3n) is 8.06. The normalized spacial score (nSPS) is 13.6. The Balaban J connectivity index is 6.50. The minimum Gasteiger partial charge on any atom is -0.416 e. The smallest absolute Gasteiger partial charge is 0.416 e. The molecular formula is C24H56O3Si4. The summed E-state index contributed by atoms with van der Waals surface area (Å²) in [5.74, 6) is 0. The molecule has 0 unspecified atom stereocenters. The third-order valence-corrected chi connectivity index (χ3v) is 29.5. The summed E-state index contributed by atoms with van der Waals surface area (Å²) in [5.41, 5.74) is 0. The van der Waals surface area contributed by atoms with Crippen LogP contribution in [0.5, 0.6) is 0 Å². The van der Waals surface area contributed by atoms with E-state index in [0.29, 0.717) is 0 Å². The molecule has 0 aromatic heterocycles. The summed E-state index contributed by atoms with van der Waals surface area (Å²) in [7, 11) is -8.37. The lowest BCUT2D eigenvalue weighted by Crippen LogP contribution is -2.64. The highest BCUT2D eigenvalue weighted by atomic mass is 28.5. The molecule has 0 aliphatic heterocycles. The van der Waals surface area contributed by atoms with Gasteiger partial charge < -0.3 is 12.3 Å². The molecule has 0 bridgehead atoms. The van der Waals surface area contributed by atoms with Crippen molar-refractivity contribution in [2.24, 2.45) is 0 Å². The fourth-order valence-electron chi connectivity index (χ4n) is 4.73. The van der Waals surface area contributed by atoms with Crippen molar-refractivity contribution in [3.8, 4) is 0 Å². The van der Waals surface area contributed by atoms with Crippen LogP contribution in [-0.2, 0) is 12.3 Å². The molecule has 31 heavy (non-hydrogen) atoms. The van der Waals surface area contributed by atoms with Gasteiger partial charge in [0.2, 0.25) is 0 Å². The van der Waals surface area contributed by atoms with Gasteiger partial charge in [0.1, 0.15) is 0 Å². The first-order chi connectivity index (χ1) is 14.7. The first-order valence-corrected chi connectivity index (χ1v) is 23.0. The fraction of sp³-hybridized carbons (Fsp3) is 0.917. The Kier molecular flexibility index (Phi) is 15.6. The highest BCUT2D eigenvalue weighted by Gasteiger charge is 2.54. The SMILES string of the molecule is C=CCCCC[Si](O[Si](CC)(CC)CC)(O[Si](CC)(CC)CC)O[Si](CC)(CC)CC. The van der Waals surface area contributed by atoms with E-state index in [9.17, 15) is 0 Å². The summed E-state index contributed by atoms with van der Waals surface area (Å²) in [6, 6.07) is 11.4. The molecule has 0 aromatic carbocycles. The zero-order valence-electron chi connectivity index (χ0n) is 22.7. The standard InChI is InChI=1S/C24H56O3Si4/c1-11-21-22-23-24-31(25-28(12-2,13-3)14-4,26-29(15-5,16-6)17-7)27-30(18-8,19-9)20-10/h11H,1,12-24H2,2-10H3. The Morgan fingerprint density at radius 3 is 1.03 bits per heavy atom. The number of hydrogen-bond acceptors (Lipinski definition) is 3. The van der Waals surface area contributed by atoms with E-state index in [1.165, 1.54) is 0 Å². The van der Waals surface area contributed by atoms with Gasteiger partial charge in [0.25, 0.3) is 0 Å². The van der Waals surface area contributed by atoms with Gasteiger partial charge in [-0.3, -0.25) is 0 Å². The number of unbranched alkanes of at least 4 members (excludes halogenated alkanes) is 2. The summed E-state index contributed by atoms with van der Waals surface area (Å²) in [5, 5.41) is 0. The zero-order valence-corrected chi connectivity index (χ0v) is 26.7. The van der Waals surface area contributed by atoms with Gasteiger partial charge in [-0.05, 0) is 73.7 Å². The molecule has 0 spiro atoms. The van der Waals surface area contributed by atoms with Crippen LogP contribution >= 0.6 is 0 Å². The Labute approximate surface area is 200 Å². The third kappa shape index (κ3) is 8.98. The molecule has 7 heteroatoms. The molecule has 0 amide bonds. The van der Waals surface area contributed by atoms with Crippen LogP contribution in [0.4, 0.5) is 0 Å². The monoisotopic (exact) mass is 504 g/mol. The van der Waals surface area contributed by atoms with Crippen LogP contribution in [0.25, 0.3) is 0 Å². The predicted octanol–water partition coefficient (Wildman–Crippen LogP) is 9.35. The van der Waals surface area contributed by atoms with Crippen molar-refractivity contribution >= 4 is 33.8 Å². The van der Waals surface area contributed by atoms with Crippen LogP contribution in [0.2, 0.25) is 60.4 Å². The van der Waals surface area contributed by atoms with Gasteiger partial charge in [0.15, 0.2) is 25.0 Å². The van der Waals surface area contributed by atoms with Crippen molar-refractivity contribution in [2.45, 2.75) is 142 Å². The Bertz CT molecular complexity index is 396. The second-order valence-electron chi connectivity index (χ2n) is 9.25. The lowest BCUT2D eigenvalue weighted by Gasteiger charge is -2.48. The highest BCUT2D eigenvalue weighted by molar-refractivity contribution is 6.92. The van der Waals surface area contributed by atoms with Gasteiger partial charge in [0, 0.05) is 6.04 Å². The average molecular weight is 505 g/mol. The summed E-state index contributed by atoms with van der Waals surface area (Å²) < 4.78 is 22.4. The summed E-state index contributed by atoms with van der Waals surface area (Å²) >= 11 is 0. The first kappa shape index (κ1) is 31.5. The zero-order chi connectivity index (χ0) is 24.0. The van der Waals surface area contributed by atoms with Crippen molar-refractivity contribution < 1.29 is 12.3 Å². The van der Waals surface area contributed by atoms with Crippen LogP contribution in [0.15, 0.2) is 12.7 Å². The molecule has 0 aliphatic rings. The number of allylic oxidation sites excluding steroid dienone is 1. The predicted molar refractivity (Wildman–Crippen MR) is 149 cm³/mol. The van der Waals surface area contributed by atoms with Crippen LogP contribution in [0.1, 0.15) is 81.6 Å². The largest absolute Gasteiger partial charge is 0.469 e. The van der Waals surface area contributed by atoms with E-state index in [2.05, 4.69) is 68.9 Å². The average Bonchev–Trinajstić information content (AvgIpc) is 2.83. The molecule has 0 atom stereocenters.